The van der Waals surface area contributed by atoms with Gasteiger partial charge in [0.2, 0.25) is 5.91 Å². The second-order valence-corrected chi connectivity index (χ2v) is 3.19. The van der Waals surface area contributed by atoms with Crippen LogP contribution < -0.4 is 5.32 Å². The third-order valence-corrected chi connectivity index (χ3v) is 1.88. The number of rotatable bonds is 4. The minimum absolute atomic E-state index is 0.0878. The van der Waals surface area contributed by atoms with Crippen molar-refractivity contribution in [3.8, 4) is 11.7 Å². The third kappa shape index (κ3) is 2.28. The summed E-state index contributed by atoms with van der Waals surface area (Å²) < 4.78 is 10.3. The first-order valence-corrected chi connectivity index (χ1v) is 4.97. The Balaban J connectivity index is 2.06. The van der Waals surface area contributed by atoms with Gasteiger partial charge in [-0.05, 0) is 18.6 Å². The summed E-state index contributed by atoms with van der Waals surface area (Å²) in [7, 11) is 0. The highest BCUT2D eigenvalue weighted by atomic mass is 16.4. The number of aromatic nitrogens is 2. The monoisotopic (exact) mass is 221 g/mol. The lowest BCUT2D eigenvalue weighted by Gasteiger charge is -1.96. The summed E-state index contributed by atoms with van der Waals surface area (Å²) in [4.78, 5) is 11.2. The van der Waals surface area contributed by atoms with Crippen molar-refractivity contribution < 1.29 is 13.6 Å². The first kappa shape index (κ1) is 10.4. The fourth-order valence-corrected chi connectivity index (χ4v) is 1.18. The molecule has 84 valence electrons. The SMILES string of the molecule is CCCC(=O)Nc1nnc(-c2ccco2)o1. The van der Waals surface area contributed by atoms with Gasteiger partial charge in [-0.2, -0.15) is 0 Å². The first-order valence-electron chi connectivity index (χ1n) is 4.97. The van der Waals surface area contributed by atoms with E-state index in [4.69, 9.17) is 8.83 Å². The smallest absolute Gasteiger partial charge is 0.322 e. The van der Waals surface area contributed by atoms with Crippen LogP contribution in [-0.2, 0) is 4.79 Å². The summed E-state index contributed by atoms with van der Waals surface area (Å²) in [5.74, 6) is 0.581. The highest BCUT2D eigenvalue weighted by Crippen LogP contribution is 2.19. The molecule has 2 aromatic rings. The van der Waals surface area contributed by atoms with E-state index in [0.717, 1.165) is 6.42 Å². The molecule has 0 aromatic carbocycles. The summed E-state index contributed by atoms with van der Waals surface area (Å²) in [5.41, 5.74) is 0. The summed E-state index contributed by atoms with van der Waals surface area (Å²) in [5, 5.41) is 9.94. The van der Waals surface area contributed by atoms with Crippen LogP contribution in [0.2, 0.25) is 0 Å². The number of hydrogen-bond acceptors (Lipinski definition) is 5. The second kappa shape index (κ2) is 4.61. The molecule has 0 aliphatic carbocycles. The van der Waals surface area contributed by atoms with Crippen LogP contribution >= 0.6 is 0 Å². The minimum Gasteiger partial charge on any atom is -0.459 e. The van der Waals surface area contributed by atoms with Gasteiger partial charge in [-0.15, -0.1) is 5.10 Å². The zero-order valence-electron chi connectivity index (χ0n) is 8.77. The average molecular weight is 221 g/mol. The summed E-state index contributed by atoms with van der Waals surface area (Å²) in [6.07, 6.45) is 2.71. The van der Waals surface area contributed by atoms with E-state index in [2.05, 4.69) is 15.5 Å². The molecule has 0 radical (unpaired) electrons. The Kier molecular flexibility index (Phi) is 3.00. The van der Waals surface area contributed by atoms with E-state index >= 15 is 0 Å². The molecule has 0 aliphatic heterocycles. The largest absolute Gasteiger partial charge is 0.459 e. The maximum Gasteiger partial charge on any atom is 0.322 e. The predicted molar refractivity (Wildman–Crippen MR) is 55.5 cm³/mol. The molecule has 6 heteroatoms. The van der Waals surface area contributed by atoms with Crippen molar-refractivity contribution in [1.82, 2.24) is 10.2 Å². The van der Waals surface area contributed by atoms with Gasteiger partial charge in [-0.1, -0.05) is 12.0 Å². The lowest BCUT2D eigenvalue weighted by molar-refractivity contribution is -0.116. The molecular formula is C10H11N3O3. The zero-order valence-corrected chi connectivity index (χ0v) is 8.77. The lowest BCUT2D eigenvalue weighted by atomic mass is 10.3. The topological polar surface area (TPSA) is 81.2 Å². The molecule has 2 rings (SSSR count). The average Bonchev–Trinajstić information content (AvgIpc) is 2.86. The van der Waals surface area contributed by atoms with Gasteiger partial charge in [0, 0.05) is 6.42 Å². The van der Waals surface area contributed by atoms with Gasteiger partial charge in [0.1, 0.15) is 0 Å². The van der Waals surface area contributed by atoms with Crippen molar-refractivity contribution in [2.45, 2.75) is 19.8 Å². The van der Waals surface area contributed by atoms with E-state index in [-0.39, 0.29) is 17.8 Å². The van der Waals surface area contributed by atoms with Crippen LogP contribution in [0.1, 0.15) is 19.8 Å². The van der Waals surface area contributed by atoms with Crippen molar-refractivity contribution in [3.63, 3.8) is 0 Å². The van der Waals surface area contributed by atoms with E-state index in [1.807, 2.05) is 6.92 Å². The predicted octanol–water partition coefficient (Wildman–Crippen LogP) is 2.07. The van der Waals surface area contributed by atoms with Crippen molar-refractivity contribution in [1.29, 1.82) is 0 Å². The van der Waals surface area contributed by atoms with E-state index in [9.17, 15) is 4.79 Å². The Morgan fingerprint density at radius 3 is 3.06 bits per heavy atom. The number of amides is 1. The normalized spacial score (nSPS) is 10.3. The summed E-state index contributed by atoms with van der Waals surface area (Å²) in [6.45, 7) is 1.92. The van der Waals surface area contributed by atoms with Gasteiger partial charge in [0.15, 0.2) is 5.76 Å². The molecular weight excluding hydrogens is 210 g/mol. The van der Waals surface area contributed by atoms with Gasteiger partial charge in [-0.3, -0.25) is 10.1 Å². The maximum atomic E-state index is 11.2. The van der Waals surface area contributed by atoms with Gasteiger partial charge in [-0.25, -0.2) is 0 Å². The van der Waals surface area contributed by atoms with Gasteiger partial charge >= 0.3 is 6.01 Å². The number of carbonyl (C=O) groups excluding carboxylic acids is 1. The molecule has 2 aromatic heterocycles. The zero-order chi connectivity index (χ0) is 11.4. The summed E-state index contributed by atoms with van der Waals surface area (Å²) >= 11 is 0. The number of nitrogens with one attached hydrogen (secondary N) is 1. The molecule has 0 bridgehead atoms. The van der Waals surface area contributed by atoms with Crippen LogP contribution in [0.3, 0.4) is 0 Å². The third-order valence-electron chi connectivity index (χ3n) is 1.88. The number of nitrogens with zero attached hydrogens (tertiary/aromatic N) is 2. The molecule has 0 atom stereocenters. The number of furan rings is 1. The van der Waals surface area contributed by atoms with Crippen LogP contribution in [0, 0.1) is 0 Å². The van der Waals surface area contributed by atoms with Crippen molar-refractivity contribution >= 4 is 11.9 Å². The molecule has 0 aliphatic rings. The Morgan fingerprint density at radius 1 is 1.50 bits per heavy atom. The van der Waals surface area contributed by atoms with Crippen LogP contribution in [0.4, 0.5) is 6.01 Å². The number of anilines is 1. The Bertz CT molecular complexity index is 461. The van der Waals surface area contributed by atoms with Gasteiger partial charge in [0.05, 0.1) is 6.26 Å². The van der Waals surface area contributed by atoms with Crippen molar-refractivity contribution in [2.75, 3.05) is 5.32 Å². The van der Waals surface area contributed by atoms with E-state index < -0.39 is 0 Å². The molecule has 16 heavy (non-hydrogen) atoms. The van der Waals surface area contributed by atoms with Crippen LogP contribution in [0.15, 0.2) is 27.2 Å². The molecule has 1 N–H and O–H groups in total. The molecule has 0 saturated carbocycles. The molecule has 0 fully saturated rings. The van der Waals surface area contributed by atoms with E-state index in [0.29, 0.717) is 12.2 Å². The van der Waals surface area contributed by atoms with E-state index in [1.54, 1.807) is 12.1 Å². The Hall–Kier alpha value is -2.11. The lowest BCUT2D eigenvalue weighted by Crippen LogP contribution is -2.10. The Labute approximate surface area is 91.7 Å². The fraction of sp³-hybridized carbons (Fsp3) is 0.300. The van der Waals surface area contributed by atoms with Crippen molar-refractivity contribution in [2.24, 2.45) is 0 Å². The first-order chi connectivity index (χ1) is 7.79. The summed E-state index contributed by atoms with van der Waals surface area (Å²) in [6, 6.07) is 3.50. The molecule has 0 spiro atoms. The quantitative estimate of drug-likeness (QED) is 0.854. The minimum atomic E-state index is -0.142. The van der Waals surface area contributed by atoms with Crippen LogP contribution in [0.5, 0.6) is 0 Å². The van der Waals surface area contributed by atoms with E-state index in [1.165, 1.54) is 6.26 Å². The highest BCUT2D eigenvalue weighted by Gasteiger charge is 2.12. The fourth-order valence-electron chi connectivity index (χ4n) is 1.18. The van der Waals surface area contributed by atoms with Gasteiger partial charge in [0.25, 0.3) is 5.89 Å². The molecule has 0 saturated heterocycles. The Morgan fingerprint density at radius 2 is 2.38 bits per heavy atom. The maximum absolute atomic E-state index is 11.2. The van der Waals surface area contributed by atoms with Crippen LogP contribution in [0.25, 0.3) is 11.7 Å². The highest BCUT2D eigenvalue weighted by molar-refractivity contribution is 5.88. The molecule has 0 unspecified atom stereocenters. The van der Waals surface area contributed by atoms with Crippen molar-refractivity contribution in [3.05, 3.63) is 18.4 Å². The molecule has 6 nitrogen and oxygen atoms in total. The number of hydrogen-bond donors (Lipinski definition) is 1. The second-order valence-electron chi connectivity index (χ2n) is 3.19. The molecule has 2 heterocycles. The van der Waals surface area contributed by atoms with Crippen LogP contribution in [-0.4, -0.2) is 16.1 Å². The standard InChI is InChI=1S/C10H11N3O3/c1-2-4-8(14)11-10-13-12-9(16-10)7-5-3-6-15-7/h3,5-6H,2,4H2,1H3,(H,11,13,14). The van der Waals surface area contributed by atoms with Gasteiger partial charge < -0.3 is 8.83 Å². The molecule has 1 amide bonds. The number of carbonyl (C=O) groups is 1.